The first-order chi connectivity index (χ1) is 36.6. The number of hydrogen-bond acceptors (Lipinski definition) is 1. The van der Waals surface area contributed by atoms with Crippen molar-refractivity contribution in [2.75, 3.05) is 0 Å². The average Bonchev–Trinajstić information content (AvgIpc) is 3.35. The zero-order valence-electron chi connectivity index (χ0n) is 39.9. The van der Waals surface area contributed by atoms with E-state index < -0.39 is 195 Å². The molecule has 0 unspecified atom stereocenters. The van der Waals surface area contributed by atoms with Crippen molar-refractivity contribution in [3.63, 3.8) is 0 Å². The normalized spacial score (nSPS) is 14.7. The molecular formula is C53H34BF24NO. The van der Waals surface area contributed by atoms with E-state index in [4.69, 9.17) is 4.84 Å². The van der Waals surface area contributed by atoms with Gasteiger partial charge in [-0.1, -0.05) is 98.1 Å². The number of aromatic nitrogens is 1. The molecule has 2 nitrogen and oxygen atoms in total. The monoisotopic (exact) mass is 1170 g/mol. The predicted molar refractivity (Wildman–Crippen MR) is 243 cm³/mol. The van der Waals surface area contributed by atoms with Crippen LogP contribution in [0.2, 0.25) is 0 Å². The van der Waals surface area contributed by atoms with Crippen LogP contribution in [0.15, 0.2) is 140 Å². The maximum atomic E-state index is 14.2. The van der Waals surface area contributed by atoms with Crippen LogP contribution in [0.3, 0.4) is 0 Å². The van der Waals surface area contributed by atoms with Crippen molar-refractivity contribution in [3.05, 3.63) is 190 Å². The third-order valence-electron chi connectivity index (χ3n) is 13.3. The molecule has 0 saturated heterocycles. The third-order valence-corrected chi connectivity index (χ3v) is 13.3. The van der Waals surface area contributed by atoms with Crippen LogP contribution < -0.4 is 31.4 Å². The van der Waals surface area contributed by atoms with Crippen molar-refractivity contribution < 1.29 is 115 Å². The Morgan fingerprint density at radius 3 is 0.912 bits per heavy atom. The molecule has 0 aliphatic heterocycles. The molecule has 80 heavy (non-hydrogen) atoms. The number of rotatable bonds is 7. The highest BCUT2D eigenvalue weighted by molar-refractivity contribution is 7.20. The molecule has 1 heterocycles. The summed E-state index contributed by atoms with van der Waals surface area (Å²) in [4.78, 5) is 5.95. The summed E-state index contributed by atoms with van der Waals surface area (Å²) in [5.41, 5.74) is -28.7. The first kappa shape index (κ1) is 60.6. The van der Waals surface area contributed by atoms with Crippen LogP contribution in [0.1, 0.15) is 88.1 Å². The maximum absolute atomic E-state index is 14.2. The minimum absolute atomic E-state index is 0.691. The number of fused-ring (bicyclic) bond motifs is 1. The van der Waals surface area contributed by atoms with Crippen molar-refractivity contribution in [2.24, 2.45) is 0 Å². The fourth-order valence-corrected chi connectivity index (χ4v) is 9.60. The van der Waals surface area contributed by atoms with Crippen LogP contribution in [0, 0.1) is 0 Å². The highest BCUT2D eigenvalue weighted by atomic mass is 19.4. The number of nitrogens with zero attached hydrogens (tertiary/aromatic N) is 1. The van der Waals surface area contributed by atoms with E-state index >= 15 is 0 Å². The Morgan fingerprint density at radius 2 is 0.625 bits per heavy atom. The van der Waals surface area contributed by atoms with Crippen LogP contribution in [-0.4, -0.2) is 6.15 Å². The largest absolute Gasteiger partial charge is 0.416 e. The Balaban J connectivity index is 0.000000329. The molecule has 0 amide bonds. The summed E-state index contributed by atoms with van der Waals surface area (Å²) in [6, 6.07) is 10.2. The molecule has 0 N–H and O–H groups in total. The minimum Gasteiger partial charge on any atom is -0.232 e. The lowest BCUT2D eigenvalue weighted by Gasteiger charge is -2.46. The lowest BCUT2D eigenvalue weighted by molar-refractivity contribution is -0.874. The molecule has 27 heteroatoms. The second-order valence-electron chi connectivity index (χ2n) is 18.7. The summed E-state index contributed by atoms with van der Waals surface area (Å²) < 4.78 is 343. The van der Waals surface area contributed by atoms with E-state index in [0.717, 1.165) is 11.7 Å². The summed E-state index contributed by atoms with van der Waals surface area (Å²) in [5, 5.41) is 2.40. The summed E-state index contributed by atoms with van der Waals surface area (Å²) in [7, 11) is 0. The lowest BCUT2D eigenvalue weighted by Crippen LogP contribution is -2.75. The van der Waals surface area contributed by atoms with Crippen LogP contribution >= 0.6 is 0 Å². The number of benzene rings is 6. The topological polar surface area (TPSA) is 13.1 Å². The van der Waals surface area contributed by atoms with Gasteiger partial charge in [0.25, 0.3) is 0 Å². The SMILES string of the molecule is FC(F)(F)c1cc([B-](c2cc(C(F)(F)F)cc(C(F)(F)F)c2)(c2cc(C(F)(F)F)cc(C(F)(F)F)c2)c2cc(C(F)(F)F)cc(C(F)(F)F)c2)cc(C(F)(F)F)c1.c1ccc2c[n+](Oc3ccc(C4CCCCC4)cc3)ccc2c1. The van der Waals surface area contributed by atoms with Gasteiger partial charge in [-0.15, -0.1) is 0 Å². The van der Waals surface area contributed by atoms with E-state index in [2.05, 4.69) is 48.5 Å². The van der Waals surface area contributed by atoms with Crippen molar-refractivity contribution in [3.8, 4) is 5.75 Å². The second kappa shape index (κ2) is 21.4. The van der Waals surface area contributed by atoms with E-state index in [-0.39, 0.29) is 0 Å². The molecule has 428 valence electrons. The molecule has 6 aromatic carbocycles. The highest BCUT2D eigenvalue weighted by Gasteiger charge is 2.47. The molecule has 1 fully saturated rings. The molecule has 8 rings (SSSR count). The van der Waals surface area contributed by atoms with Crippen molar-refractivity contribution in [1.82, 2.24) is 0 Å². The molecule has 1 aliphatic rings. The molecular weight excluding hydrogens is 1130 g/mol. The molecule has 7 aromatic rings. The van der Waals surface area contributed by atoms with Gasteiger partial charge in [-0.2, -0.15) is 127 Å². The molecule has 0 atom stereocenters. The summed E-state index contributed by atoms with van der Waals surface area (Å²) in [5.74, 6) is 1.62. The summed E-state index contributed by atoms with van der Waals surface area (Å²) in [6.45, 7) is 0. The van der Waals surface area contributed by atoms with Crippen molar-refractivity contribution in [2.45, 2.75) is 87.4 Å². The van der Waals surface area contributed by atoms with Crippen LogP contribution in [0.25, 0.3) is 10.8 Å². The standard InChI is InChI=1S/C32H12BF24.C21H22NO/c34-25(35,36)13-1-14(26(37,38)39)6-21(5-13)33(22-7-15(27(40,41)42)2-16(8-22)28(43,44)45,23-9-17(29(46,47)48)3-18(10-23)30(49,50)51)24-11-19(31(52,53)54)4-20(12-24)32(55,56)57;1-2-6-17(7-3-1)19-10-12-21(13-11-19)23-22-15-14-18-8-4-5-9-20(18)16-22/h1-12H;4-5,8-17H,1-3,6-7H2/q-1;+1. The van der Waals surface area contributed by atoms with Gasteiger partial charge >= 0.3 is 49.4 Å². The molecule has 1 saturated carbocycles. The Kier molecular flexibility index (Phi) is 16.2. The van der Waals surface area contributed by atoms with Gasteiger partial charge in [0.2, 0.25) is 18.1 Å². The first-order valence-corrected chi connectivity index (χ1v) is 23.2. The zero-order chi connectivity index (χ0) is 59.4. The Labute approximate surface area is 436 Å². The third kappa shape index (κ3) is 13.7. The Morgan fingerprint density at radius 1 is 0.338 bits per heavy atom. The lowest BCUT2D eigenvalue weighted by atomic mass is 9.12. The van der Waals surface area contributed by atoms with Crippen molar-refractivity contribution in [1.29, 1.82) is 0 Å². The molecule has 1 aromatic heterocycles. The quantitative estimate of drug-likeness (QED) is 0.0881. The fourth-order valence-electron chi connectivity index (χ4n) is 9.60. The molecule has 0 radical (unpaired) electrons. The zero-order valence-corrected chi connectivity index (χ0v) is 39.9. The smallest absolute Gasteiger partial charge is 0.232 e. The van der Waals surface area contributed by atoms with Gasteiger partial charge in [-0.25, -0.2) is 4.84 Å². The first-order valence-electron chi connectivity index (χ1n) is 23.2. The van der Waals surface area contributed by atoms with Gasteiger partial charge in [0, 0.05) is 10.8 Å². The van der Waals surface area contributed by atoms with Crippen LogP contribution in [0.5, 0.6) is 5.75 Å². The minimum atomic E-state index is -6.13. The molecule has 1 aliphatic carbocycles. The van der Waals surface area contributed by atoms with Crippen LogP contribution in [-0.2, 0) is 49.4 Å². The van der Waals surface area contributed by atoms with Gasteiger partial charge in [0.15, 0.2) is 0 Å². The summed E-state index contributed by atoms with van der Waals surface area (Å²) >= 11 is 0. The number of hydrogen-bond donors (Lipinski definition) is 0. The average molecular weight is 1170 g/mol. The van der Waals surface area contributed by atoms with E-state index in [1.807, 2.05) is 18.5 Å². The maximum Gasteiger partial charge on any atom is 0.416 e. The van der Waals surface area contributed by atoms with Gasteiger partial charge in [-0.3, -0.25) is 0 Å². The number of halogens is 24. The second-order valence-corrected chi connectivity index (χ2v) is 18.7. The van der Waals surface area contributed by atoms with Crippen molar-refractivity contribution >= 4 is 38.8 Å². The fraction of sp³-hybridized carbons (Fsp3) is 0.264. The Hall–Kier alpha value is -7.09. The van der Waals surface area contributed by atoms with E-state index in [9.17, 15) is 105 Å². The van der Waals surface area contributed by atoms with Crippen LogP contribution in [0.4, 0.5) is 105 Å². The highest BCUT2D eigenvalue weighted by Crippen LogP contribution is 2.42. The number of alkyl halides is 24. The van der Waals surface area contributed by atoms with Gasteiger partial charge < -0.3 is 0 Å². The van der Waals surface area contributed by atoms with Gasteiger partial charge in [-0.05, 0) is 72.2 Å². The van der Waals surface area contributed by atoms with E-state index in [1.165, 1.54) is 48.4 Å². The van der Waals surface area contributed by atoms with E-state index in [0.29, 0.717) is 0 Å². The van der Waals surface area contributed by atoms with E-state index in [1.54, 1.807) is 4.73 Å². The van der Waals surface area contributed by atoms with Gasteiger partial charge in [0.05, 0.1) is 49.9 Å². The molecule has 0 spiro atoms. The predicted octanol–water partition coefficient (Wildman–Crippen LogP) is 16.2. The Bertz CT molecular complexity index is 2900. The van der Waals surface area contributed by atoms with Gasteiger partial charge in [0.1, 0.15) is 6.15 Å². The number of pyridine rings is 1. The molecule has 0 bridgehead atoms. The summed E-state index contributed by atoms with van der Waals surface area (Å²) in [6.07, 6.45) is -44.0.